The molecular weight excluding hydrogens is 222 g/mol. The summed E-state index contributed by atoms with van der Waals surface area (Å²) >= 11 is 0. The average molecular weight is 240 g/mol. The molecular formula is C14H18F2O. The molecule has 94 valence electrons. The molecule has 0 radical (unpaired) electrons. The van der Waals surface area contributed by atoms with Crippen LogP contribution < -0.4 is 0 Å². The molecule has 0 aliphatic heterocycles. The van der Waals surface area contributed by atoms with Crippen molar-refractivity contribution >= 4 is 0 Å². The Hall–Kier alpha value is -0.960. The number of halogens is 2. The molecule has 1 atom stereocenters. The zero-order chi connectivity index (χ0) is 12.5. The summed E-state index contributed by atoms with van der Waals surface area (Å²) in [7, 11) is 0. The molecule has 1 saturated carbocycles. The number of benzene rings is 1. The Kier molecular flexibility index (Phi) is 3.48. The van der Waals surface area contributed by atoms with Crippen molar-refractivity contribution in [3.8, 4) is 0 Å². The lowest BCUT2D eigenvalue weighted by atomic mass is 9.74. The van der Waals surface area contributed by atoms with E-state index in [1.807, 2.05) is 0 Å². The first-order chi connectivity index (χ1) is 8.01. The fourth-order valence-electron chi connectivity index (χ4n) is 2.78. The predicted octanol–water partition coefficient (Wildman–Crippen LogP) is 3.75. The summed E-state index contributed by atoms with van der Waals surface area (Å²) in [6.45, 7) is 1.64. The molecule has 17 heavy (non-hydrogen) atoms. The molecule has 2 rings (SSSR count). The molecule has 1 aliphatic rings. The Bertz CT molecular complexity index is 395. The van der Waals surface area contributed by atoms with Crippen LogP contribution in [0, 0.1) is 17.6 Å². The molecule has 0 aromatic heterocycles. The van der Waals surface area contributed by atoms with Crippen LogP contribution in [0.15, 0.2) is 18.2 Å². The van der Waals surface area contributed by atoms with Crippen molar-refractivity contribution in [2.45, 2.75) is 44.6 Å². The molecule has 0 heterocycles. The minimum atomic E-state index is -1.20. The lowest BCUT2D eigenvalue weighted by molar-refractivity contribution is -0.0243. The third-order valence-corrected chi connectivity index (χ3v) is 3.88. The Morgan fingerprint density at radius 1 is 1.18 bits per heavy atom. The van der Waals surface area contributed by atoms with Gasteiger partial charge >= 0.3 is 0 Å². The fraction of sp³-hybridized carbons (Fsp3) is 0.571. The molecule has 0 saturated heterocycles. The largest absolute Gasteiger partial charge is 0.385 e. The van der Waals surface area contributed by atoms with E-state index in [9.17, 15) is 13.9 Å². The van der Waals surface area contributed by atoms with Gasteiger partial charge in [0.15, 0.2) is 0 Å². The van der Waals surface area contributed by atoms with Gasteiger partial charge in [-0.15, -0.1) is 0 Å². The third-order valence-electron chi connectivity index (χ3n) is 3.88. The lowest BCUT2D eigenvalue weighted by Gasteiger charge is -2.36. The number of aliphatic hydroxyl groups is 1. The molecule has 1 fully saturated rings. The molecule has 0 bridgehead atoms. The van der Waals surface area contributed by atoms with E-state index in [0.717, 1.165) is 31.7 Å². The van der Waals surface area contributed by atoms with Gasteiger partial charge in [0.2, 0.25) is 0 Å². The van der Waals surface area contributed by atoms with Gasteiger partial charge in [-0.3, -0.25) is 0 Å². The molecule has 3 heteroatoms. The van der Waals surface area contributed by atoms with Gasteiger partial charge in [-0.1, -0.05) is 25.3 Å². The molecule has 1 aromatic carbocycles. The van der Waals surface area contributed by atoms with Crippen molar-refractivity contribution in [3.05, 3.63) is 35.4 Å². The zero-order valence-corrected chi connectivity index (χ0v) is 10.0. The van der Waals surface area contributed by atoms with Crippen molar-refractivity contribution in [2.75, 3.05) is 0 Å². The van der Waals surface area contributed by atoms with Crippen LogP contribution in [0.5, 0.6) is 0 Å². The first-order valence-corrected chi connectivity index (χ1v) is 6.19. The monoisotopic (exact) mass is 240 g/mol. The minimum Gasteiger partial charge on any atom is -0.385 e. The van der Waals surface area contributed by atoms with Crippen LogP contribution in [0.1, 0.15) is 44.6 Å². The van der Waals surface area contributed by atoms with E-state index in [4.69, 9.17) is 0 Å². The van der Waals surface area contributed by atoms with Crippen molar-refractivity contribution in [3.63, 3.8) is 0 Å². The quantitative estimate of drug-likeness (QED) is 0.834. The van der Waals surface area contributed by atoms with Crippen LogP contribution in [-0.4, -0.2) is 5.11 Å². The first kappa shape index (κ1) is 12.5. The van der Waals surface area contributed by atoms with Gasteiger partial charge in [0.25, 0.3) is 0 Å². The summed E-state index contributed by atoms with van der Waals surface area (Å²) in [5, 5.41) is 10.5. The Balaban J connectivity index is 2.29. The van der Waals surface area contributed by atoms with E-state index in [2.05, 4.69) is 0 Å². The molecule has 1 nitrogen and oxygen atoms in total. The smallest absolute Gasteiger partial charge is 0.132 e. The van der Waals surface area contributed by atoms with Crippen LogP contribution in [-0.2, 0) is 5.60 Å². The Morgan fingerprint density at radius 2 is 1.82 bits per heavy atom. The van der Waals surface area contributed by atoms with Crippen LogP contribution in [0.4, 0.5) is 8.78 Å². The van der Waals surface area contributed by atoms with Crippen molar-refractivity contribution in [1.29, 1.82) is 0 Å². The summed E-state index contributed by atoms with van der Waals surface area (Å²) in [6, 6.07) is 3.40. The molecule has 1 aliphatic carbocycles. The van der Waals surface area contributed by atoms with E-state index in [1.54, 1.807) is 6.92 Å². The van der Waals surface area contributed by atoms with Gasteiger partial charge in [-0.2, -0.15) is 0 Å². The molecule has 0 spiro atoms. The highest BCUT2D eigenvalue weighted by atomic mass is 19.1. The summed E-state index contributed by atoms with van der Waals surface area (Å²) in [5.74, 6) is -1.19. The summed E-state index contributed by atoms with van der Waals surface area (Å²) < 4.78 is 26.6. The normalized spacial score (nSPS) is 21.2. The summed E-state index contributed by atoms with van der Waals surface area (Å²) in [5.41, 5.74) is -0.983. The molecule has 0 amide bonds. The van der Waals surface area contributed by atoms with Gasteiger partial charge < -0.3 is 5.11 Å². The van der Waals surface area contributed by atoms with E-state index in [0.29, 0.717) is 0 Å². The average Bonchev–Trinajstić information content (AvgIpc) is 2.29. The number of rotatable bonds is 2. The molecule has 1 N–H and O–H groups in total. The number of hydrogen-bond acceptors (Lipinski definition) is 1. The standard InChI is InChI=1S/C14H18F2O/c1-14(17,10-5-3-2-4-6-10)12-8-7-11(15)9-13(12)16/h7-10,17H,2-6H2,1H3. The lowest BCUT2D eigenvalue weighted by Crippen LogP contribution is -2.34. The van der Waals surface area contributed by atoms with Crippen LogP contribution in [0.3, 0.4) is 0 Å². The van der Waals surface area contributed by atoms with Gasteiger partial charge in [-0.05, 0) is 31.7 Å². The van der Waals surface area contributed by atoms with Crippen molar-refractivity contribution < 1.29 is 13.9 Å². The Labute approximate surface area is 100 Å². The second kappa shape index (κ2) is 4.73. The first-order valence-electron chi connectivity index (χ1n) is 6.19. The zero-order valence-electron chi connectivity index (χ0n) is 10.0. The highest BCUT2D eigenvalue weighted by Gasteiger charge is 2.36. The van der Waals surface area contributed by atoms with Gasteiger partial charge in [-0.25, -0.2) is 8.78 Å². The highest BCUT2D eigenvalue weighted by molar-refractivity contribution is 5.25. The summed E-state index contributed by atoms with van der Waals surface area (Å²) in [4.78, 5) is 0. The SMILES string of the molecule is CC(O)(c1ccc(F)cc1F)C1CCCCC1. The van der Waals surface area contributed by atoms with Gasteiger partial charge in [0.05, 0.1) is 5.60 Å². The Morgan fingerprint density at radius 3 is 2.41 bits per heavy atom. The van der Waals surface area contributed by atoms with Gasteiger partial charge in [0, 0.05) is 11.6 Å². The van der Waals surface area contributed by atoms with Gasteiger partial charge in [0.1, 0.15) is 11.6 Å². The highest BCUT2D eigenvalue weighted by Crippen LogP contribution is 2.39. The summed E-state index contributed by atoms with van der Waals surface area (Å²) in [6.07, 6.45) is 5.14. The van der Waals surface area contributed by atoms with Crippen LogP contribution in [0.2, 0.25) is 0 Å². The number of hydrogen-bond donors (Lipinski definition) is 1. The van der Waals surface area contributed by atoms with E-state index >= 15 is 0 Å². The van der Waals surface area contributed by atoms with E-state index in [-0.39, 0.29) is 11.5 Å². The molecule has 1 unspecified atom stereocenters. The van der Waals surface area contributed by atoms with E-state index < -0.39 is 17.2 Å². The second-order valence-corrected chi connectivity index (χ2v) is 5.11. The topological polar surface area (TPSA) is 20.2 Å². The fourth-order valence-corrected chi connectivity index (χ4v) is 2.78. The molecule has 1 aromatic rings. The predicted molar refractivity (Wildman–Crippen MR) is 62.5 cm³/mol. The third kappa shape index (κ3) is 2.49. The van der Waals surface area contributed by atoms with Crippen molar-refractivity contribution in [2.24, 2.45) is 5.92 Å². The van der Waals surface area contributed by atoms with Crippen molar-refractivity contribution in [1.82, 2.24) is 0 Å². The maximum Gasteiger partial charge on any atom is 0.132 e. The van der Waals surface area contributed by atoms with Crippen LogP contribution >= 0.6 is 0 Å². The maximum absolute atomic E-state index is 13.7. The maximum atomic E-state index is 13.7. The van der Waals surface area contributed by atoms with E-state index in [1.165, 1.54) is 18.6 Å². The minimum absolute atomic E-state index is 0.0659. The van der Waals surface area contributed by atoms with Crippen LogP contribution in [0.25, 0.3) is 0 Å². The second-order valence-electron chi connectivity index (χ2n) is 5.11.